The highest BCUT2D eigenvalue weighted by atomic mass is 32.1. The summed E-state index contributed by atoms with van der Waals surface area (Å²) in [5.41, 5.74) is 1.66. The Bertz CT molecular complexity index is 1080. The van der Waals surface area contributed by atoms with Crippen molar-refractivity contribution in [3.63, 3.8) is 0 Å². The number of hydrogen-bond acceptors (Lipinski definition) is 4. The number of ether oxygens (including phenoxy) is 1. The summed E-state index contributed by atoms with van der Waals surface area (Å²) in [7, 11) is 1.67. The van der Waals surface area contributed by atoms with Crippen molar-refractivity contribution < 1.29 is 4.74 Å². The lowest BCUT2D eigenvalue weighted by molar-refractivity contribution is 0.416. The van der Waals surface area contributed by atoms with Crippen LogP contribution in [0.3, 0.4) is 0 Å². The SMILES string of the molecule is COc1ccccc1-c1ccc(-c2n[nH]c(=O)c3ccccc23)s1. The normalized spacial score (nSPS) is 10.9. The lowest BCUT2D eigenvalue weighted by atomic mass is 10.1. The van der Waals surface area contributed by atoms with E-state index in [2.05, 4.69) is 16.3 Å². The average Bonchev–Trinajstić information content (AvgIpc) is 3.12. The van der Waals surface area contributed by atoms with Crippen LogP contribution >= 0.6 is 11.3 Å². The van der Waals surface area contributed by atoms with Gasteiger partial charge in [0.1, 0.15) is 11.4 Å². The van der Waals surface area contributed by atoms with Crippen molar-refractivity contribution in [2.24, 2.45) is 0 Å². The molecule has 24 heavy (non-hydrogen) atoms. The molecule has 0 aliphatic carbocycles. The summed E-state index contributed by atoms with van der Waals surface area (Å²) in [5, 5.41) is 8.36. The van der Waals surface area contributed by atoms with Crippen molar-refractivity contribution in [1.29, 1.82) is 0 Å². The van der Waals surface area contributed by atoms with Crippen molar-refractivity contribution in [2.75, 3.05) is 7.11 Å². The Morgan fingerprint density at radius 1 is 0.917 bits per heavy atom. The molecule has 0 spiro atoms. The van der Waals surface area contributed by atoms with Gasteiger partial charge in [-0.05, 0) is 30.3 Å². The summed E-state index contributed by atoms with van der Waals surface area (Å²) in [6.45, 7) is 0. The molecular formula is C19H14N2O2S. The van der Waals surface area contributed by atoms with Gasteiger partial charge in [-0.3, -0.25) is 4.79 Å². The number of H-pyrrole nitrogens is 1. The van der Waals surface area contributed by atoms with Crippen LogP contribution < -0.4 is 10.3 Å². The fourth-order valence-electron chi connectivity index (χ4n) is 2.76. The first-order valence-corrected chi connectivity index (χ1v) is 8.30. The lowest BCUT2D eigenvalue weighted by Crippen LogP contribution is -2.08. The van der Waals surface area contributed by atoms with Gasteiger partial charge in [-0.15, -0.1) is 11.3 Å². The molecule has 4 nitrogen and oxygen atoms in total. The zero-order valence-corrected chi connectivity index (χ0v) is 13.8. The van der Waals surface area contributed by atoms with E-state index in [1.165, 1.54) is 0 Å². The minimum atomic E-state index is -0.171. The number of hydrogen-bond donors (Lipinski definition) is 1. The first-order chi connectivity index (χ1) is 11.8. The summed E-state index contributed by atoms with van der Waals surface area (Å²) in [6.07, 6.45) is 0. The van der Waals surface area contributed by atoms with Gasteiger partial charge >= 0.3 is 0 Å². The molecule has 2 aromatic heterocycles. The largest absolute Gasteiger partial charge is 0.496 e. The van der Waals surface area contributed by atoms with E-state index in [1.54, 1.807) is 18.4 Å². The van der Waals surface area contributed by atoms with Crippen LogP contribution in [-0.2, 0) is 0 Å². The van der Waals surface area contributed by atoms with Gasteiger partial charge < -0.3 is 4.74 Å². The van der Waals surface area contributed by atoms with Crippen molar-refractivity contribution in [2.45, 2.75) is 0 Å². The molecule has 0 saturated heterocycles. The van der Waals surface area contributed by atoms with E-state index in [9.17, 15) is 4.79 Å². The minimum Gasteiger partial charge on any atom is -0.496 e. The number of rotatable bonds is 3. The summed E-state index contributed by atoms with van der Waals surface area (Å²) in [4.78, 5) is 14.0. The van der Waals surface area contributed by atoms with E-state index in [1.807, 2.05) is 54.6 Å². The third-order valence-electron chi connectivity index (χ3n) is 3.91. The second kappa shape index (κ2) is 5.94. The van der Waals surface area contributed by atoms with E-state index in [-0.39, 0.29) is 5.56 Å². The molecular weight excluding hydrogens is 320 g/mol. The van der Waals surface area contributed by atoms with Gasteiger partial charge in [0.2, 0.25) is 0 Å². The quantitative estimate of drug-likeness (QED) is 0.607. The Balaban J connectivity index is 1.87. The predicted molar refractivity (Wildman–Crippen MR) is 97.7 cm³/mol. The molecule has 0 aliphatic heterocycles. The molecule has 5 heteroatoms. The molecule has 2 aromatic carbocycles. The van der Waals surface area contributed by atoms with Gasteiger partial charge in [0.15, 0.2) is 0 Å². The van der Waals surface area contributed by atoms with Gasteiger partial charge in [0, 0.05) is 15.8 Å². The molecule has 0 amide bonds. The molecule has 0 saturated carbocycles. The van der Waals surface area contributed by atoms with Crippen LogP contribution in [0.2, 0.25) is 0 Å². The van der Waals surface area contributed by atoms with Crippen LogP contribution in [0.1, 0.15) is 0 Å². The number of nitrogens with zero attached hydrogens (tertiary/aromatic N) is 1. The fourth-order valence-corrected chi connectivity index (χ4v) is 3.80. The maximum Gasteiger partial charge on any atom is 0.272 e. The minimum absolute atomic E-state index is 0.171. The number of benzene rings is 2. The van der Waals surface area contributed by atoms with Gasteiger partial charge in [0.25, 0.3) is 5.56 Å². The Morgan fingerprint density at radius 2 is 1.62 bits per heavy atom. The van der Waals surface area contributed by atoms with Crippen molar-refractivity contribution in [3.05, 3.63) is 71.0 Å². The predicted octanol–water partition coefficient (Wildman–Crippen LogP) is 4.33. The van der Waals surface area contributed by atoms with E-state index >= 15 is 0 Å². The third kappa shape index (κ3) is 2.39. The number of methoxy groups -OCH3 is 1. The molecule has 1 N–H and O–H groups in total. The highest BCUT2D eigenvalue weighted by Gasteiger charge is 2.13. The van der Waals surface area contributed by atoms with E-state index in [0.29, 0.717) is 5.39 Å². The van der Waals surface area contributed by atoms with Crippen molar-refractivity contribution in [1.82, 2.24) is 10.2 Å². The summed E-state index contributed by atoms with van der Waals surface area (Å²) in [5.74, 6) is 0.838. The Morgan fingerprint density at radius 3 is 2.46 bits per heavy atom. The lowest BCUT2D eigenvalue weighted by Gasteiger charge is -2.05. The molecule has 0 aliphatic rings. The summed E-state index contributed by atoms with van der Waals surface area (Å²) >= 11 is 1.62. The number of nitrogens with one attached hydrogen (secondary N) is 1. The molecule has 118 valence electrons. The van der Waals surface area contributed by atoms with Crippen LogP contribution in [0, 0.1) is 0 Å². The highest BCUT2D eigenvalue weighted by molar-refractivity contribution is 7.18. The van der Waals surface area contributed by atoms with Crippen LogP contribution in [-0.4, -0.2) is 17.3 Å². The molecule has 0 atom stereocenters. The molecule has 0 unspecified atom stereocenters. The Labute approximate surface area is 142 Å². The molecule has 4 rings (SSSR count). The number of para-hydroxylation sites is 1. The standard InChI is InChI=1S/C19H14N2O2S/c1-23-15-9-5-4-8-14(15)16-10-11-17(24-16)18-12-6-2-3-7-13(12)19(22)21-20-18/h2-11H,1H3,(H,21,22). The first-order valence-electron chi connectivity index (χ1n) is 7.49. The van der Waals surface area contributed by atoms with Gasteiger partial charge in [-0.25, -0.2) is 5.10 Å². The second-order valence-corrected chi connectivity index (χ2v) is 6.39. The smallest absolute Gasteiger partial charge is 0.272 e. The van der Waals surface area contributed by atoms with Gasteiger partial charge in [-0.1, -0.05) is 30.3 Å². The van der Waals surface area contributed by atoms with Gasteiger partial charge in [0.05, 0.1) is 17.4 Å². The molecule has 0 fully saturated rings. The first kappa shape index (κ1) is 14.7. The van der Waals surface area contributed by atoms with E-state index < -0.39 is 0 Å². The van der Waals surface area contributed by atoms with Gasteiger partial charge in [-0.2, -0.15) is 5.10 Å². The maximum absolute atomic E-state index is 11.9. The number of aromatic nitrogens is 2. The van der Waals surface area contributed by atoms with Crippen molar-refractivity contribution in [3.8, 4) is 26.8 Å². The third-order valence-corrected chi connectivity index (χ3v) is 5.03. The zero-order chi connectivity index (χ0) is 16.5. The number of aromatic amines is 1. The zero-order valence-electron chi connectivity index (χ0n) is 12.9. The van der Waals surface area contributed by atoms with Crippen LogP contribution in [0.4, 0.5) is 0 Å². The number of thiophene rings is 1. The topological polar surface area (TPSA) is 55.0 Å². The highest BCUT2D eigenvalue weighted by Crippen LogP contribution is 2.39. The maximum atomic E-state index is 11.9. The number of fused-ring (bicyclic) bond motifs is 1. The summed E-state index contributed by atoms with van der Waals surface area (Å²) in [6, 6.07) is 19.5. The van der Waals surface area contributed by atoms with E-state index in [4.69, 9.17) is 4.74 Å². The van der Waals surface area contributed by atoms with Crippen LogP contribution in [0.25, 0.3) is 31.8 Å². The fraction of sp³-hybridized carbons (Fsp3) is 0.0526. The molecule has 2 heterocycles. The Hall–Kier alpha value is -2.92. The second-order valence-electron chi connectivity index (χ2n) is 5.31. The molecule has 4 aromatic rings. The average molecular weight is 334 g/mol. The van der Waals surface area contributed by atoms with E-state index in [0.717, 1.165) is 32.1 Å². The van der Waals surface area contributed by atoms with Crippen LogP contribution in [0.5, 0.6) is 5.75 Å². The summed E-state index contributed by atoms with van der Waals surface area (Å²) < 4.78 is 5.44. The molecule has 0 radical (unpaired) electrons. The monoisotopic (exact) mass is 334 g/mol. The van der Waals surface area contributed by atoms with Crippen molar-refractivity contribution >= 4 is 22.1 Å². The molecule has 0 bridgehead atoms. The van der Waals surface area contributed by atoms with Crippen LogP contribution in [0.15, 0.2) is 65.5 Å². The Kier molecular flexibility index (Phi) is 3.63.